The number of nitrogens with one attached hydrogen (secondary N) is 1. The van der Waals surface area contributed by atoms with Crippen LogP contribution in [-0.4, -0.2) is 98.7 Å². The summed E-state index contributed by atoms with van der Waals surface area (Å²) in [6.45, 7) is 11.1. The number of hydrogen-bond acceptors (Lipinski definition) is 4. The molecule has 29 heavy (non-hydrogen) atoms. The fourth-order valence-electron chi connectivity index (χ4n) is 4.90. The minimum atomic E-state index is 0. The van der Waals surface area contributed by atoms with E-state index in [2.05, 4.69) is 22.0 Å². The van der Waals surface area contributed by atoms with E-state index in [1.165, 1.54) is 32.1 Å². The second-order valence-electron chi connectivity index (χ2n) is 8.92. The lowest BCUT2D eigenvalue weighted by molar-refractivity contribution is -0.136. The monoisotopic (exact) mass is 519 g/mol. The van der Waals surface area contributed by atoms with Crippen LogP contribution in [0.3, 0.4) is 0 Å². The Kier molecular flexibility index (Phi) is 8.44. The van der Waals surface area contributed by atoms with Gasteiger partial charge >= 0.3 is 0 Å². The van der Waals surface area contributed by atoms with Crippen LogP contribution >= 0.6 is 24.0 Å². The van der Waals surface area contributed by atoms with Crippen molar-refractivity contribution in [1.82, 2.24) is 20.0 Å². The molecule has 0 aromatic carbocycles. The van der Waals surface area contributed by atoms with Gasteiger partial charge in [-0.2, -0.15) is 0 Å². The Morgan fingerprint density at radius 1 is 1.07 bits per heavy atom. The van der Waals surface area contributed by atoms with Crippen LogP contribution < -0.4 is 5.32 Å². The third-order valence-electron chi connectivity index (χ3n) is 7.07. The molecule has 0 unspecified atom stereocenters. The molecule has 0 radical (unpaired) electrons. The summed E-state index contributed by atoms with van der Waals surface area (Å²) in [5.74, 6) is 2.26. The molecule has 0 aromatic rings. The van der Waals surface area contributed by atoms with Crippen molar-refractivity contribution in [3.8, 4) is 0 Å². The SMILES string of the molecule is CCNC(=NCC1(C2CC2)CCC1)N1CCN(CC(=O)N2CCOCC2)CC1.I. The number of carbonyl (C=O) groups is 1. The maximum atomic E-state index is 12.5. The highest BCUT2D eigenvalue weighted by Gasteiger charge is 2.48. The van der Waals surface area contributed by atoms with Crippen LogP contribution in [0.4, 0.5) is 0 Å². The highest BCUT2D eigenvalue weighted by atomic mass is 127. The van der Waals surface area contributed by atoms with Crippen molar-refractivity contribution in [3.63, 3.8) is 0 Å². The third kappa shape index (κ3) is 5.76. The van der Waals surface area contributed by atoms with E-state index >= 15 is 0 Å². The standard InChI is InChI=1S/C21H37N5O2.HI/c1-2-22-20(23-17-21(6-3-7-21)18-4-5-18)26-10-8-24(9-11-26)16-19(27)25-12-14-28-15-13-25;/h18H,2-17H2,1H3,(H,22,23);1H. The molecule has 2 aliphatic heterocycles. The van der Waals surface area contributed by atoms with Crippen LogP contribution in [0.15, 0.2) is 4.99 Å². The molecule has 2 heterocycles. The van der Waals surface area contributed by atoms with E-state index in [1.807, 2.05) is 4.90 Å². The van der Waals surface area contributed by atoms with Crippen LogP contribution in [0, 0.1) is 11.3 Å². The largest absolute Gasteiger partial charge is 0.378 e. The Bertz CT molecular complexity index is 565. The lowest BCUT2D eigenvalue weighted by Gasteiger charge is -2.42. The molecule has 0 bridgehead atoms. The highest BCUT2D eigenvalue weighted by Crippen LogP contribution is 2.57. The maximum Gasteiger partial charge on any atom is 0.236 e. The molecule has 1 amide bonds. The summed E-state index contributed by atoms with van der Waals surface area (Å²) in [5, 5.41) is 3.51. The summed E-state index contributed by atoms with van der Waals surface area (Å²) in [6.07, 6.45) is 6.97. The van der Waals surface area contributed by atoms with Crippen molar-refractivity contribution in [2.45, 2.75) is 39.0 Å². The van der Waals surface area contributed by atoms with Gasteiger partial charge in [0.2, 0.25) is 5.91 Å². The number of guanidine groups is 1. The van der Waals surface area contributed by atoms with Crippen molar-refractivity contribution in [1.29, 1.82) is 0 Å². The predicted octanol–water partition coefficient (Wildman–Crippen LogP) is 1.63. The molecule has 1 N–H and O–H groups in total. The van der Waals surface area contributed by atoms with Gasteiger partial charge < -0.3 is 19.9 Å². The van der Waals surface area contributed by atoms with Crippen LogP contribution in [0.25, 0.3) is 0 Å². The number of ether oxygens (including phenoxy) is 1. The minimum absolute atomic E-state index is 0. The summed E-state index contributed by atoms with van der Waals surface area (Å²) < 4.78 is 5.35. The number of piperazine rings is 1. The van der Waals surface area contributed by atoms with Gasteiger partial charge in [0.1, 0.15) is 0 Å². The first-order chi connectivity index (χ1) is 13.7. The fraction of sp³-hybridized carbons (Fsp3) is 0.905. The van der Waals surface area contributed by atoms with Gasteiger partial charge in [0.25, 0.3) is 0 Å². The number of morpholine rings is 1. The molecule has 2 aliphatic carbocycles. The van der Waals surface area contributed by atoms with Crippen molar-refractivity contribution in [2.75, 3.05) is 72.1 Å². The molecule has 2 saturated heterocycles. The molecule has 166 valence electrons. The molecular formula is C21H38IN5O2. The number of rotatable bonds is 6. The summed E-state index contributed by atoms with van der Waals surface area (Å²) in [4.78, 5) is 24.2. The van der Waals surface area contributed by atoms with E-state index in [0.717, 1.165) is 64.2 Å². The molecule has 7 nitrogen and oxygen atoms in total. The predicted molar refractivity (Wildman–Crippen MR) is 126 cm³/mol. The summed E-state index contributed by atoms with van der Waals surface area (Å²) in [6, 6.07) is 0. The molecule has 0 atom stereocenters. The van der Waals surface area contributed by atoms with Gasteiger partial charge in [0.15, 0.2) is 5.96 Å². The second kappa shape index (κ2) is 10.6. The van der Waals surface area contributed by atoms with Gasteiger partial charge in [-0.3, -0.25) is 14.7 Å². The Labute approximate surface area is 192 Å². The normalized spacial score (nSPS) is 25.2. The van der Waals surface area contributed by atoms with Crippen LogP contribution in [0.5, 0.6) is 0 Å². The molecule has 4 rings (SSSR count). The molecule has 0 aromatic heterocycles. The van der Waals surface area contributed by atoms with Gasteiger partial charge in [-0.15, -0.1) is 24.0 Å². The smallest absolute Gasteiger partial charge is 0.236 e. The zero-order valence-corrected chi connectivity index (χ0v) is 20.2. The zero-order chi connectivity index (χ0) is 19.4. The molecule has 4 aliphatic rings. The van der Waals surface area contributed by atoms with E-state index in [0.29, 0.717) is 25.2 Å². The van der Waals surface area contributed by atoms with Crippen molar-refractivity contribution in [3.05, 3.63) is 0 Å². The van der Waals surface area contributed by atoms with Gasteiger partial charge in [-0.1, -0.05) is 6.42 Å². The topological polar surface area (TPSA) is 60.4 Å². The molecule has 4 fully saturated rings. The number of nitrogens with zero attached hydrogens (tertiary/aromatic N) is 4. The third-order valence-corrected chi connectivity index (χ3v) is 7.07. The first-order valence-corrected chi connectivity index (χ1v) is 11.3. The number of hydrogen-bond donors (Lipinski definition) is 1. The van der Waals surface area contributed by atoms with E-state index in [4.69, 9.17) is 9.73 Å². The van der Waals surface area contributed by atoms with E-state index < -0.39 is 0 Å². The summed E-state index contributed by atoms with van der Waals surface area (Å²) in [5.41, 5.74) is 0.521. The van der Waals surface area contributed by atoms with Crippen LogP contribution in [0.2, 0.25) is 0 Å². The van der Waals surface area contributed by atoms with Crippen molar-refractivity contribution < 1.29 is 9.53 Å². The Morgan fingerprint density at radius 2 is 1.76 bits per heavy atom. The second-order valence-corrected chi connectivity index (χ2v) is 8.92. The average molecular weight is 519 g/mol. The van der Waals surface area contributed by atoms with E-state index in [1.54, 1.807) is 0 Å². The summed E-state index contributed by atoms with van der Waals surface area (Å²) >= 11 is 0. The number of amides is 1. The number of carbonyl (C=O) groups excluding carboxylic acids is 1. The fourth-order valence-corrected chi connectivity index (χ4v) is 4.90. The van der Waals surface area contributed by atoms with Gasteiger partial charge in [0, 0.05) is 52.4 Å². The van der Waals surface area contributed by atoms with Crippen molar-refractivity contribution in [2.24, 2.45) is 16.3 Å². The molecule has 2 saturated carbocycles. The molecule has 8 heteroatoms. The first-order valence-electron chi connectivity index (χ1n) is 11.3. The average Bonchev–Trinajstić information content (AvgIpc) is 3.53. The molecular weight excluding hydrogens is 481 g/mol. The van der Waals surface area contributed by atoms with Gasteiger partial charge in [-0.05, 0) is 43.9 Å². The first kappa shape index (κ1) is 23.1. The minimum Gasteiger partial charge on any atom is -0.378 e. The molecule has 0 spiro atoms. The van der Waals surface area contributed by atoms with Crippen LogP contribution in [-0.2, 0) is 9.53 Å². The van der Waals surface area contributed by atoms with Crippen molar-refractivity contribution >= 4 is 35.8 Å². The lowest BCUT2D eigenvalue weighted by Crippen LogP contribution is -2.55. The quantitative estimate of drug-likeness (QED) is 0.329. The number of aliphatic imine (C=N–C) groups is 1. The Hall–Kier alpha value is -0.610. The Morgan fingerprint density at radius 3 is 2.31 bits per heavy atom. The number of halogens is 1. The Balaban J connectivity index is 0.00000240. The lowest BCUT2D eigenvalue weighted by atomic mass is 9.65. The summed E-state index contributed by atoms with van der Waals surface area (Å²) in [7, 11) is 0. The van der Waals surface area contributed by atoms with Crippen LogP contribution in [0.1, 0.15) is 39.0 Å². The van der Waals surface area contributed by atoms with E-state index in [-0.39, 0.29) is 29.9 Å². The van der Waals surface area contributed by atoms with E-state index in [9.17, 15) is 4.79 Å². The zero-order valence-electron chi connectivity index (χ0n) is 17.9. The van der Waals surface area contributed by atoms with Gasteiger partial charge in [-0.25, -0.2) is 0 Å². The van der Waals surface area contributed by atoms with Gasteiger partial charge in [0.05, 0.1) is 19.8 Å². The highest BCUT2D eigenvalue weighted by molar-refractivity contribution is 14.0. The maximum absolute atomic E-state index is 12.5.